The number of aromatic nitrogens is 4. The van der Waals surface area contributed by atoms with Gasteiger partial charge in [-0.25, -0.2) is 9.78 Å². The lowest BCUT2D eigenvalue weighted by Gasteiger charge is -2.38. The summed E-state index contributed by atoms with van der Waals surface area (Å²) in [6.07, 6.45) is 6.68. The van der Waals surface area contributed by atoms with E-state index in [-0.39, 0.29) is 17.5 Å². The molecule has 170 valence electrons. The van der Waals surface area contributed by atoms with Crippen molar-refractivity contribution in [3.63, 3.8) is 0 Å². The van der Waals surface area contributed by atoms with Crippen molar-refractivity contribution in [3.05, 3.63) is 62.6 Å². The molecule has 4 saturated carbocycles. The molecule has 0 aliphatic heterocycles. The zero-order chi connectivity index (χ0) is 22.7. The van der Waals surface area contributed by atoms with Crippen LogP contribution in [0, 0.1) is 29.1 Å². The summed E-state index contributed by atoms with van der Waals surface area (Å²) in [4.78, 5) is 31.9. The molecule has 2 atom stereocenters. The highest BCUT2D eigenvalue weighted by Crippen LogP contribution is 2.64. The lowest BCUT2D eigenvalue weighted by Crippen LogP contribution is -2.40. The third-order valence-corrected chi connectivity index (χ3v) is 8.37. The molecule has 2 heterocycles. The number of benzene rings is 1. The van der Waals surface area contributed by atoms with Crippen LogP contribution in [0.25, 0.3) is 11.2 Å². The van der Waals surface area contributed by atoms with Gasteiger partial charge in [-0.1, -0.05) is 37.3 Å². The van der Waals surface area contributed by atoms with Gasteiger partial charge in [-0.15, -0.1) is 0 Å². The molecule has 7 nitrogen and oxygen atoms in total. The zero-order valence-electron chi connectivity index (χ0n) is 19.0. The van der Waals surface area contributed by atoms with Gasteiger partial charge in [0.2, 0.25) is 0 Å². The minimum absolute atomic E-state index is 0.0279. The van der Waals surface area contributed by atoms with Crippen molar-refractivity contribution in [2.75, 3.05) is 0 Å². The van der Waals surface area contributed by atoms with Crippen molar-refractivity contribution in [2.24, 2.45) is 17.8 Å². The van der Waals surface area contributed by atoms with Gasteiger partial charge in [-0.3, -0.25) is 13.9 Å². The summed E-state index contributed by atoms with van der Waals surface area (Å²) >= 11 is 0. The summed E-state index contributed by atoms with van der Waals surface area (Å²) in [5.41, 5.74) is 1.20. The first-order valence-corrected chi connectivity index (χ1v) is 12.2. The Labute approximate surface area is 192 Å². The second kappa shape index (κ2) is 7.44. The molecule has 7 rings (SSSR count). The molecule has 4 aliphatic rings. The summed E-state index contributed by atoms with van der Waals surface area (Å²) in [7, 11) is 0. The second-order valence-electron chi connectivity index (χ2n) is 10.4. The van der Waals surface area contributed by atoms with Gasteiger partial charge in [0.05, 0.1) is 6.07 Å². The van der Waals surface area contributed by atoms with Crippen molar-refractivity contribution in [3.8, 4) is 6.07 Å². The Morgan fingerprint density at radius 3 is 2.42 bits per heavy atom. The Balaban J connectivity index is 1.65. The van der Waals surface area contributed by atoms with Crippen LogP contribution in [0.3, 0.4) is 0 Å². The van der Waals surface area contributed by atoms with Crippen LogP contribution in [0.4, 0.5) is 0 Å². The van der Waals surface area contributed by atoms with Crippen molar-refractivity contribution in [1.29, 1.82) is 5.26 Å². The molecule has 0 saturated heterocycles. The van der Waals surface area contributed by atoms with E-state index in [9.17, 15) is 14.9 Å². The molecule has 0 radical (unpaired) electrons. The molecule has 0 amide bonds. The number of rotatable bonds is 6. The van der Waals surface area contributed by atoms with Crippen LogP contribution in [-0.2, 0) is 25.0 Å². The van der Waals surface area contributed by atoms with E-state index in [0.29, 0.717) is 30.7 Å². The first kappa shape index (κ1) is 20.5. The quantitative estimate of drug-likeness (QED) is 0.584. The van der Waals surface area contributed by atoms with Crippen molar-refractivity contribution >= 4 is 11.2 Å². The Morgan fingerprint density at radius 2 is 1.79 bits per heavy atom. The summed E-state index contributed by atoms with van der Waals surface area (Å²) in [6.45, 7) is 2.72. The molecular weight excluding hydrogens is 414 g/mol. The molecular formula is C26H29N5O2. The van der Waals surface area contributed by atoms with Gasteiger partial charge < -0.3 is 4.57 Å². The molecule has 2 aromatic heterocycles. The van der Waals surface area contributed by atoms with Crippen LogP contribution in [0.1, 0.15) is 56.8 Å². The lowest BCUT2D eigenvalue weighted by atomic mass is 9.69. The number of nitriles is 1. The fourth-order valence-corrected chi connectivity index (χ4v) is 7.33. The molecule has 33 heavy (non-hydrogen) atoms. The molecule has 2 unspecified atom stereocenters. The minimum atomic E-state index is -0.430. The maximum absolute atomic E-state index is 13.7. The average Bonchev–Trinajstić information content (AvgIpc) is 3.40. The smallest absolute Gasteiger partial charge is 0.317 e. The largest absolute Gasteiger partial charge is 0.333 e. The van der Waals surface area contributed by atoms with Gasteiger partial charge in [-0.05, 0) is 61.8 Å². The lowest BCUT2D eigenvalue weighted by molar-refractivity contribution is 0.214. The van der Waals surface area contributed by atoms with Gasteiger partial charge in [0.15, 0.2) is 11.2 Å². The zero-order valence-corrected chi connectivity index (χ0v) is 19.0. The van der Waals surface area contributed by atoms with Gasteiger partial charge in [0, 0.05) is 18.5 Å². The fraction of sp³-hybridized carbons (Fsp3) is 0.538. The molecule has 4 fully saturated rings. The number of fused-ring (bicyclic) bond motifs is 1. The Morgan fingerprint density at radius 1 is 1.06 bits per heavy atom. The van der Waals surface area contributed by atoms with E-state index >= 15 is 0 Å². The number of hydrogen-bond donors (Lipinski definition) is 0. The van der Waals surface area contributed by atoms with E-state index in [1.54, 1.807) is 0 Å². The number of nitrogens with zero attached hydrogens (tertiary/aromatic N) is 5. The average molecular weight is 444 g/mol. The van der Waals surface area contributed by atoms with Crippen LogP contribution in [0.2, 0.25) is 0 Å². The van der Waals surface area contributed by atoms with Gasteiger partial charge >= 0.3 is 5.69 Å². The van der Waals surface area contributed by atoms with Gasteiger partial charge in [-0.2, -0.15) is 5.26 Å². The Bertz CT molecular complexity index is 1370. The maximum atomic E-state index is 13.7. The van der Waals surface area contributed by atoms with Crippen LogP contribution >= 0.6 is 0 Å². The monoisotopic (exact) mass is 443 g/mol. The first-order chi connectivity index (χ1) is 16.0. The van der Waals surface area contributed by atoms with E-state index in [1.165, 1.54) is 22.0 Å². The van der Waals surface area contributed by atoms with Crippen LogP contribution in [0.15, 0.2) is 39.9 Å². The van der Waals surface area contributed by atoms with Crippen LogP contribution < -0.4 is 11.2 Å². The third-order valence-electron chi connectivity index (χ3n) is 8.37. The van der Waals surface area contributed by atoms with E-state index in [2.05, 4.69) is 22.8 Å². The summed E-state index contributed by atoms with van der Waals surface area (Å²) in [5.74, 6) is 3.21. The van der Waals surface area contributed by atoms with Crippen molar-refractivity contribution in [1.82, 2.24) is 18.7 Å². The third kappa shape index (κ3) is 2.96. The highest BCUT2D eigenvalue weighted by Gasteiger charge is 2.58. The predicted octanol–water partition coefficient (Wildman–Crippen LogP) is 3.42. The van der Waals surface area contributed by atoms with E-state index in [1.807, 2.05) is 25.1 Å². The molecule has 1 aromatic carbocycles. The van der Waals surface area contributed by atoms with Crippen molar-refractivity contribution < 1.29 is 0 Å². The molecule has 0 spiro atoms. The molecule has 0 N–H and O–H groups in total. The van der Waals surface area contributed by atoms with Crippen LogP contribution in [0.5, 0.6) is 0 Å². The van der Waals surface area contributed by atoms with E-state index in [4.69, 9.17) is 4.98 Å². The first-order valence-electron chi connectivity index (χ1n) is 12.2. The highest BCUT2D eigenvalue weighted by atomic mass is 16.2. The predicted molar refractivity (Wildman–Crippen MR) is 125 cm³/mol. The van der Waals surface area contributed by atoms with Crippen molar-refractivity contribution in [2.45, 2.75) is 70.5 Å². The molecule has 4 aliphatic carbocycles. The maximum Gasteiger partial charge on any atom is 0.333 e. The fourth-order valence-electron chi connectivity index (χ4n) is 7.33. The normalized spacial score (nSPS) is 27.5. The second-order valence-corrected chi connectivity index (χ2v) is 10.4. The Kier molecular flexibility index (Phi) is 4.62. The minimum Gasteiger partial charge on any atom is -0.317 e. The number of hydrogen-bond acceptors (Lipinski definition) is 4. The standard InChI is InChI=1S/C26H29N5O2/c1-2-9-30-23(32)21-22(29(10-8-27)25(30)33)28-24(31(21)16-17-6-4-3-5-7-17)26-13-18-11-19(14-26)20(12-18)15-26/h3-7,18-20H,2,9-16H2,1H3. The van der Waals surface area contributed by atoms with Gasteiger partial charge in [0.1, 0.15) is 12.4 Å². The molecule has 3 aromatic rings. The highest BCUT2D eigenvalue weighted by molar-refractivity contribution is 5.72. The van der Waals surface area contributed by atoms with Crippen LogP contribution in [-0.4, -0.2) is 18.7 Å². The Hall–Kier alpha value is -3.14. The van der Waals surface area contributed by atoms with E-state index in [0.717, 1.165) is 48.4 Å². The van der Waals surface area contributed by atoms with Gasteiger partial charge in [0.25, 0.3) is 5.56 Å². The topological polar surface area (TPSA) is 85.6 Å². The number of imidazole rings is 1. The van der Waals surface area contributed by atoms with E-state index < -0.39 is 5.69 Å². The summed E-state index contributed by atoms with van der Waals surface area (Å²) in [6, 6.07) is 12.3. The SMILES string of the molecule is CCCn1c(=O)c2c(nc(C34CC5CC(C3)C(C5)C4)n2Cc2ccccc2)n(CC#N)c1=O. The molecule has 4 bridgehead atoms. The summed E-state index contributed by atoms with van der Waals surface area (Å²) in [5, 5.41) is 9.47. The molecule has 7 heteroatoms. The summed E-state index contributed by atoms with van der Waals surface area (Å²) < 4.78 is 4.80.